The highest BCUT2D eigenvalue weighted by atomic mass is 16.7. The van der Waals surface area contributed by atoms with Gasteiger partial charge in [-0.1, -0.05) is 20.8 Å². The Hall–Kier alpha value is -0.590. The average molecular weight is 169 g/mol. The zero-order chi connectivity index (χ0) is 9.19. The van der Waals surface area contributed by atoms with Crippen LogP contribution in [0.2, 0.25) is 0 Å². The van der Waals surface area contributed by atoms with Crippen LogP contribution >= 0.6 is 0 Å². The lowest BCUT2D eigenvalue weighted by molar-refractivity contribution is -0.123. The molecule has 0 saturated carbocycles. The lowest BCUT2D eigenvalue weighted by atomic mass is 9.96. The third-order valence-electron chi connectivity index (χ3n) is 1.78. The molecule has 1 aliphatic rings. The van der Waals surface area contributed by atoms with Crippen molar-refractivity contribution < 1.29 is 9.47 Å². The van der Waals surface area contributed by atoms with Gasteiger partial charge in [0.15, 0.2) is 6.29 Å². The molecule has 0 aromatic rings. The SMILES string of the molecule is CC(C)(C)C1OCC(CC#N)O1. The summed E-state index contributed by atoms with van der Waals surface area (Å²) in [4.78, 5) is 0. The first-order valence-electron chi connectivity index (χ1n) is 4.18. The van der Waals surface area contributed by atoms with Crippen molar-refractivity contribution in [2.24, 2.45) is 5.41 Å². The Morgan fingerprint density at radius 2 is 2.17 bits per heavy atom. The summed E-state index contributed by atoms with van der Waals surface area (Å²) in [5.74, 6) is 0. The van der Waals surface area contributed by atoms with Crippen molar-refractivity contribution in [3.8, 4) is 6.07 Å². The zero-order valence-electron chi connectivity index (χ0n) is 7.83. The first-order valence-corrected chi connectivity index (χ1v) is 4.18. The highest BCUT2D eigenvalue weighted by Crippen LogP contribution is 2.29. The van der Waals surface area contributed by atoms with Gasteiger partial charge in [-0.05, 0) is 0 Å². The molecule has 12 heavy (non-hydrogen) atoms. The molecule has 68 valence electrons. The Bertz CT molecular complexity index is 190. The van der Waals surface area contributed by atoms with Gasteiger partial charge in [0.25, 0.3) is 0 Å². The summed E-state index contributed by atoms with van der Waals surface area (Å²) in [7, 11) is 0. The predicted molar refractivity (Wildman–Crippen MR) is 44.3 cm³/mol. The third kappa shape index (κ3) is 2.20. The monoisotopic (exact) mass is 169 g/mol. The largest absolute Gasteiger partial charge is 0.349 e. The topological polar surface area (TPSA) is 42.2 Å². The number of rotatable bonds is 1. The fourth-order valence-electron chi connectivity index (χ4n) is 1.11. The van der Waals surface area contributed by atoms with E-state index in [0.717, 1.165) is 0 Å². The number of nitrogens with zero attached hydrogens (tertiary/aromatic N) is 1. The van der Waals surface area contributed by atoms with Crippen LogP contribution in [0.25, 0.3) is 0 Å². The third-order valence-corrected chi connectivity index (χ3v) is 1.78. The number of nitriles is 1. The summed E-state index contributed by atoms with van der Waals surface area (Å²) >= 11 is 0. The van der Waals surface area contributed by atoms with E-state index < -0.39 is 0 Å². The van der Waals surface area contributed by atoms with E-state index in [1.54, 1.807) is 0 Å². The second-order valence-corrected chi connectivity index (χ2v) is 4.15. The van der Waals surface area contributed by atoms with Crippen LogP contribution in [0, 0.1) is 16.7 Å². The Kier molecular flexibility index (Phi) is 2.71. The van der Waals surface area contributed by atoms with Gasteiger partial charge in [0.1, 0.15) is 0 Å². The van der Waals surface area contributed by atoms with Crippen molar-refractivity contribution in [2.75, 3.05) is 6.61 Å². The molecular formula is C9H15NO2. The van der Waals surface area contributed by atoms with Crippen molar-refractivity contribution in [3.63, 3.8) is 0 Å². The molecular weight excluding hydrogens is 154 g/mol. The Labute approximate surface area is 73.3 Å². The molecule has 3 heteroatoms. The van der Waals surface area contributed by atoms with Gasteiger partial charge in [-0.3, -0.25) is 0 Å². The maximum atomic E-state index is 8.43. The smallest absolute Gasteiger partial charge is 0.162 e. The fourth-order valence-corrected chi connectivity index (χ4v) is 1.11. The summed E-state index contributed by atoms with van der Waals surface area (Å²) in [5.41, 5.74) is 0.00417. The molecule has 0 aliphatic carbocycles. The van der Waals surface area contributed by atoms with Crippen LogP contribution < -0.4 is 0 Å². The minimum atomic E-state index is -0.157. The first kappa shape index (κ1) is 9.50. The molecule has 2 unspecified atom stereocenters. The molecule has 0 aromatic carbocycles. The zero-order valence-corrected chi connectivity index (χ0v) is 7.83. The molecule has 0 N–H and O–H groups in total. The van der Waals surface area contributed by atoms with E-state index in [1.807, 2.05) is 0 Å². The van der Waals surface area contributed by atoms with Gasteiger partial charge in [-0.15, -0.1) is 0 Å². The van der Waals surface area contributed by atoms with Crippen molar-refractivity contribution in [1.82, 2.24) is 0 Å². The Morgan fingerprint density at radius 1 is 1.50 bits per heavy atom. The molecule has 1 fully saturated rings. The average Bonchev–Trinajstić information content (AvgIpc) is 2.35. The van der Waals surface area contributed by atoms with Crippen molar-refractivity contribution in [1.29, 1.82) is 5.26 Å². The van der Waals surface area contributed by atoms with Crippen LogP contribution in [0.4, 0.5) is 0 Å². The first-order chi connectivity index (χ1) is 5.54. The summed E-state index contributed by atoms with van der Waals surface area (Å²) in [5, 5.41) is 8.43. The summed E-state index contributed by atoms with van der Waals surface area (Å²) in [6, 6.07) is 2.08. The number of ether oxygens (including phenoxy) is 2. The van der Waals surface area contributed by atoms with Crippen molar-refractivity contribution in [2.45, 2.75) is 39.6 Å². The van der Waals surface area contributed by atoms with Crippen LogP contribution in [0.5, 0.6) is 0 Å². The summed E-state index contributed by atoms with van der Waals surface area (Å²) in [6.45, 7) is 6.74. The second kappa shape index (κ2) is 3.42. The van der Waals surface area contributed by atoms with Crippen LogP contribution in [-0.2, 0) is 9.47 Å². The standard InChI is InChI=1S/C9H15NO2/c1-9(2,3)8-11-6-7(12-8)4-5-10/h7-8H,4,6H2,1-3H3. The van der Waals surface area contributed by atoms with Crippen LogP contribution in [0.15, 0.2) is 0 Å². The molecule has 1 heterocycles. The van der Waals surface area contributed by atoms with Gasteiger partial charge in [0.05, 0.1) is 25.2 Å². The van der Waals surface area contributed by atoms with Gasteiger partial charge in [0, 0.05) is 5.41 Å². The van der Waals surface area contributed by atoms with Gasteiger partial charge >= 0.3 is 0 Å². The highest BCUT2D eigenvalue weighted by Gasteiger charge is 2.34. The minimum Gasteiger partial charge on any atom is -0.349 e. The molecule has 0 aromatic heterocycles. The summed E-state index contributed by atoms with van der Waals surface area (Å²) < 4.78 is 10.9. The minimum absolute atomic E-state index is 0.00417. The molecule has 2 atom stereocenters. The molecule has 0 radical (unpaired) electrons. The van der Waals surface area contributed by atoms with Gasteiger partial charge in [0.2, 0.25) is 0 Å². The molecule has 0 amide bonds. The quantitative estimate of drug-likeness (QED) is 0.599. The maximum Gasteiger partial charge on any atom is 0.162 e. The molecule has 0 spiro atoms. The maximum absolute atomic E-state index is 8.43. The number of hydrogen-bond donors (Lipinski definition) is 0. The molecule has 1 aliphatic heterocycles. The van der Waals surface area contributed by atoms with Gasteiger partial charge < -0.3 is 9.47 Å². The van der Waals surface area contributed by atoms with Crippen molar-refractivity contribution >= 4 is 0 Å². The highest BCUT2D eigenvalue weighted by molar-refractivity contribution is 4.81. The number of hydrogen-bond acceptors (Lipinski definition) is 3. The van der Waals surface area contributed by atoms with E-state index in [4.69, 9.17) is 14.7 Å². The predicted octanol–water partition coefficient (Wildman–Crippen LogP) is 1.69. The van der Waals surface area contributed by atoms with Gasteiger partial charge in [-0.2, -0.15) is 5.26 Å². The molecule has 1 rings (SSSR count). The fraction of sp³-hybridized carbons (Fsp3) is 0.889. The molecule has 0 bridgehead atoms. The van der Waals surface area contributed by atoms with E-state index in [0.29, 0.717) is 13.0 Å². The van der Waals surface area contributed by atoms with E-state index >= 15 is 0 Å². The lowest BCUT2D eigenvalue weighted by Gasteiger charge is -2.24. The van der Waals surface area contributed by atoms with E-state index in [9.17, 15) is 0 Å². The Morgan fingerprint density at radius 3 is 2.58 bits per heavy atom. The van der Waals surface area contributed by atoms with Crippen molar-refractivity contribution in [3.05, 3.63) is 0 Å². The van der Waals surface area contributed by atoms with E-state index in [-0.39, 0.29) is 17.8 Å². The van der Waals surface area contributed by atoms with Crippen LogP contribution in [-0.4, -0.2) is 19.0 Å². The molecule has 3 nitrogen and oxygen atoms in total. The van der Waals surface area contributed by atoms with Gasteiger partial charge in [-0.25, -0.2) is 0 Å². The van der Waals surface area contributed by atoms with Crippen LogP contribution in [0.3, 0.4) is 0 Å². The lowest BCUT2D eigenvalue weighted by Crippen LogP contribution is -2.27. The van der Waals surface area contributed by atoms with Crippen LogP contribution in [0.1, 0.15) is 27.2 Å². The van der Waals surface area contributed by atoms with E-state index in [1.165, 1.54) is 0 Å². The summed E-state index contributed by atoms with van der Waals surface area (Å²) in [6.07, 6.45) is 0.238. The normalized spacial score (nSPS) is 30.2. The van der Waals surface area contributed by atoms with E-state index in [2.05, 4.69) is 26.8 Å². The Balaban J connectivity index is 2.42. The second-order valence-electron chi connectivity index (χ2n) is 4.15. The molecule has 1 saturated heterocycles.